The summed E-state index contributed by atoms with van der Waals surface area (Å²) in [5.74, 6) is 0.981. The van der Waals surface area contributed by atoms with Gasteiger partial charge in [0.25, 0.3) is 0 Å². The Morgan fingerprint density at radius 2 is 2.00 bits per heavy atom. The van der Waals surface area contributed by atoms with E-state index in [1.54, 1.807) is 38.1 Å². The summed E-state index contributed by atoms with van der Waals surface area (Å²) in [6, 6.07) is 6.29. The van der Waals surface area contributed by atoms with Crippen LogP contribution >= 0.6 is 11.6 Å². The average molecular weight is 286 g/mol. The third kappa shape index (κ3) is 3.37. The molecule has 1 aromatic rings. The van der Waals surface area contributed by atoms with E-state index in [1.165, 1.54) is 0 Å². The highest BCUT2D eigenvalue weighted by Gasteiger charge is 2.36. The molecule has 1 heterocycles. The Bertz CT molecular complexity index is 470. The molecule has 5 nitrogen and oxygen atoms in total. The van der Waals surface area contributed by atoms with Crippen molar-refractivity contribution in [1.82, 2.24) is 0 Å². The Kier molecular flexibility index (Phi) is 3.99. The van der Waals surface area contributed by atoms with E-state index in [-0.39, 0.29) is 6.61 Å². The number of hydrogen-bond donors (Lipinski definition) is 2. The quantitative estimate of drug-likeness (QED) is 0.825. The summed E-state index contributed by atoms with van der Waals surface area (Å²) < 4.78 is 11.2. The largest absolute Gasteiger partial charge is 0.478 e. The number of benzene rings is 1. The van der Waals surface area contributed by atoms with Crippen molar-refractivity contribution in [3.8, 4) is 5.75 Å². The number of ether oxygens (including phenoxy) is 2. The molecule has 0 aromatic heterocycles. The molecule has 0 radical (unpaired) electrons. The Morgan fingerprint density at radius 1 is 1.37 bits per heavy atom. The van der Waals surface area contributed by atoms with Crippen molar-refractivity contribution in [1.29, 1.82) is 0 Å². The molecular weight excluding hydrogens is 270 g/mol. The van der Waals surface area contributed by atoms with Gasteiger partial charge in [-0.25, -0.2) is 4.99 Å². The standard InChI is InChI=1S/C13H16ClNO4/c1-13(2,12-15-10(7-18-12)11(16)17)19-9-5-3-8(14)4-6-9/h3-6,10-11,16-17H,7H2,1-2H3. The van der Waals surface area contributed by atoms with Crippen LogP contribution in [0.3, 0.4) is 0 Å². The lowest BCUT2D eigenvalue weighted by molar-refractivity contribution is -0.0610. The normalized spacial score (nSPS) is 19.3. The molecule has 1 unspecified atom stereocenters. The van der Waals surface area contributed by atoms with E-state index in [9.17, 15) is 0 Å². The van der Waals surface area contributed by atoms with Crippen molar-refractivity contribution < 1.29 is 19.7 Å². The van der Waals surface area contributed by atoms with Crippen LogP contribution in [0.2, 0.25) is 5.02 Å². The summed E-state index contributed by atoms with van der Waals surface area (Å²) in [7, 11) is 0. The van der Waals surface area contributed by atoms with Crippen LogP contribution in [-0.2, 0) is 4.74 Å². The number of halogens is 1. The highest BCUT2D eigenvalue weighted by Crippen LogP contribution is 2.24. The minimum absolute atomic E-state index is 0.139. The van der Waals surface area contributed by atoms with Crippen LogP contribution in [0.1, 0.15) is 13.8 Å². The lowest BCUT2D eigenvalue weighted by Crippen LogP contribution is -2.38. The van der Waals surface area contributed by atoms with Crippen LogP contribution in [0.4, 0.5) is 0 Å². The number of aliphatic hydroxyl groups is 2. The molecular formula is C13H16ClNO4. The highest BCUT2D eigenvalue weighted by molar-refractivity contribution is 6.30. The molecule has 19 heavy (non-hydrogen) atoms. The van der Waals surface area contributed by atoms with E-state index in [0.717, 1.165) is 0 Å². The fourth-order valence-electron chi connectivity index (χ4n) is 1.71. The summed E-state index contributed by atoms with van der Waals surface area (Å²) in [4.78, 5) is 4.12. The second-order valence-electron chi connectivity index (χ2n) is 4.79. The fourth-order valence-corrected chi connectivity index (χ4v) is 1.84. The third-order valence-electron chi connectivity index (χ3n) is 2.72. The molecule has 0 bridgehead atoms. The number of rotatable bonds is 4. The van der Waals surface area contributed by atoms with Crippen molar-refractivity contribution in [3.05, 3.63) is 29.3 Å². The molecule has 2 rings (SSSR count). The Hall–Kier alpha value is -1.30. The number of hydrogen-bond acceptors (Lipinski definition) is 5. The van der Waals surface area contributed by atoms with Crippen molar-refractivity contribution in [2.75, 3.05) is 6.61 Å². The second-order valence-corrected chi connectivity index (χ2v) is 5.23. The number of aliphatic hydroxyl groups excluding tert-OH is 1. The summed E-state index contributed by atoms with van der Waals surface area (Å²) in [5.41, 5.74) is -0.794. The first-order chi connectivity index (χ1) is 8.88. The van der Waals surface area contributed by atoms with Gasteiger partial charge in [-0.3, -0.25) is 0 Å². The van der Waals surface area contributed by atoms with Gasteiger partial charge in [-0.2, -0.15) is 0 Å². The molecule has 104 valence electrons. The van der Waals surface area contributed by atoms with Gasteiger partial charge >= 0.3 is 0 Å². The topological polar surface area (TPSA) is 71.3 Å². The maximum absolute atomic E-state index is 9.07. The zero-order valence-corrected chi connectivity index (χ0v) is 11.5. The second kappa shape index (κ2) is 5.36. The maximum Gasteiger partial charge on any atom is 0.229 e. The Balaban J connectivity index is 2.10. The van der Waals surface area contributed by atoms with Crippen LogP contribution in [0.25, 0.3) is 0 Å². The van der Waals surface area contributed by atoms with Gasteiger partial charge in [0.2, 0.25) is 5.90 Å². The van der Waals surface area contributed by atoms with Gasteiger partial charge in [-0.05, 0) is 38.1 Å². The molecule has 0 spiro atoms. The van der Waals surface area contributed by atoms with Gasteiger partial charge in [0, 0.05) is 5.02 Å². The van der Waals surface area contributed by atoms with Gasteiger partial charge in [-0.15, -0.1) is 0 Å². The van der Waals surface area contributed by atoms with E-state index in [2.05, 4.69) is 4.99 Å². The van der Waals surface area contributed by atoms with Gasteiger partial charge in [0.1, 0.15) is 18.4 Å². The minimum atomic E-state index is -1.52. The highest BCUT2D eigenvalue weighted by atomic mass is 35.5. The Labute approximate surface area is 116 Å². The van der Waals surface area contributed by atoms with Gasteiger partial charge in [0.05, 0.1) is 0 Å². The first kappa shape index (κ1) is 14.1. The Morgan fingerprint density at radius 3 is 2.53 bits per heavy atom. The zero-order valence-electron chi connectivity index (χ0n) is 10.7. The van der Waals surface area contributed by atoms with Crippen molar-refractivity contribution >= 4 is 17.5 Å². The molecule has 6 heteroatoms. The third-order valence-corrected chi connectivity index (χ3v) is 2.97. The van der Waals surface area contributed by atoms with E-state index >= 15 is 0 Å². The van der Waals surface area contributed by atoms with E-state index in [1.807, 2.05) is 0 Å². The van der Waals surface area contributed by atoms with Gasteiger partial charge in [0.15, 0.2) is 11.9 Å². The molecule has 0 saturated heterocycles. The zero-order chi connectivity index (χ0) is 14.0. The summed E-state index contributed by atoms with van der Waals surface area (Å²) in [6.07, 6.45) is -1.52. The predicted octanol–water partition coefficient (Wildman–Crippen LogP) is 1.61. The molecule has 1 aliphatic rings. The van der Waals surface area contributed by atoms with Crippen LogP contribution in [0.5, 0.6) is 5.75 Å². The molecule has 2 N–H and O–H groups in total. The summed E-state index contributed by atoms with van der Waals surface area (Å²) >= 11 is 5.80. The lowest BCUT2D eigenvalue weighted by atomic mass is 10.1. The predicted molar refractivity (Wildman–Crippen MR) is 71.6 cm³/mol. The van der Waals surface area contributed by atoms with Crippen LogP contribution in [-0.4, -0.2) is 40.7 Å². The molecule has 0 saturated carbocycles. The first-order valence-corrected chi connectivity index (χ1v) is 6.28. The molecule has 0 fully saturated rings. The molecule has 1 aromatic carbocycles. The monoisotopic (exact) mass is 285 g/mol. The van der Waals surface area contributed by atoms with Crippen molar-refractivity contribution in [3.63, 3.8) is 0 Å². The molecule has 1 atom stereocenters. The van der Waals surface area contributed by atoms with Crippen LogP contribution in [0, 0.1) is 0 Å². The smallest absolute Gasteiger partial charge is 0.229 e. The first-order valence-electron chi connectivity index (χ1n) is 5.90. The SMILES string of the molecule is CC(C)(Oc1ccc(Cl)cc1)C1=NC(C(O)O)CO1. The van der Waals surface area contributed by atoms with Crippen LogP contribution in [0.15, 0.2) is 29.3 Å². The molecule has 0 amide bonds. The maximum atomic E-state index is 9.07. The fraction of sp³-hybridized carbons (Fsp3) is 0.462. The minimum Gasteiger partial charge on any atom is -0.478 e. The van der Waals surface area contributed by atoms with E-state index < -0.39 is 17.9 Å². The summed E-state index contributed by atoms with van der Waals surface area (Å²) in [6.45, 7) is 3.74. The van der Waals surface area contributed by atoms with Crippen molar-refractivity contribution in [2.45, 2.75) is 31.8 Å². The lowest BCUT2D eigenvalue weighted by Gasteiger charge is -2.25. The number of aliphatic imine (C=N–C) groups is 1. The summed E-state index contributed by atoms with van der Waals surface area (Å²) in [5, 5.41) is 18.8. The van der Waals surface area contributed by atoms with Gasteiger partial charge in [-0.1, -0.05) is 11.6 Å². The molecule has 1 aliphatic heterocycles. The van der Waals surface area contributed by atoms with Crippen molar-refractivity contribution in [2.24, 2.45) is 4.99 Å². The van der Waals surface area contributed by atoms with Crippen LogP contribution < -0.4 is 4.74 Å². The average Bonchev–Trinajstić information content (AvgIpc) is 2.82. The molecule has 0 aliphatic carbocycles. The van der Waals surface area contributed by atoms with E-state index in [0.29, 0.717) is 16.7 Å². The van der Waals surface area contributed by atoms with Gasteiger partial charge < -0.3 is 19.7 Å². The number of nitrogens with zero attached hydrogens (tertiary/aromatic N) is 1. The van der Waals surface area contributed by atoms with E-state index in [4.69, 9.17) is 31.3 Å².